The molecule has 0 N–H and O–H groups in total. The highest BCUT2D eigenvalue weighted by Crippen LogP contribution is 2.31. The van der Waals surface area contributed by atoms with Crippen LogP contribution in [-0.2, 0) is 21.3 Å². The van der Waals surface area contributed by atoms with Crippen LogP contribution in [0.3, 0.4) is 0 Å². The standard InChI is InChI=1S/C16H23N3O3S2/c1-13-10-15(23-12-13)24(20,21)19-6-3-4-14(11-19)16-17-5-7-18(16)8-9-22-2/h5,7,10,12,14H,3-4,6,8-9,11H2,1-2H3. The van der Waals surface area contributed by atoms with Crippen molar-refractivity contribution in [2.75, 3.05) is 26.8 Å². The lowest BCUT2D eigenvalue weighted by Gasteiger charge is -2.31. The van der Waals surface area contributed by atoms with Gasteiger partial charge in [-0.3, -0.25) is 0 Å². The second-order valence-corrected chi connectivity index (χ2v) is 9.19. The Morgan fingerprint density at radius 2 is 2.29 bits per heavy atom. The zero-order valence-corrected chi connectivity index (χ0v) is 15.6. The third-order valence-corrected chi connectivity index (χ3v) is 7.73. The number of imidazole rings is 1. The Labute approximate surface area is 147 Å². The fourth-order valence-electron chi connectivity index (χ4n) is 3.10. The number of hydrogen-bond donors (Lipinski definition) is 0. The van der Waals surface area contributed by atoms with Crippen molar-refractivity contribution in [1.82, 2.24) is 13.9 Å². The fourth-order valence-corrected chi connectivity index (χ4v) is 6.00. The molecule has 1 aliphatic heterocycles. The molecule has 132 valence electrons. The van der Waals surface area contributed by atoms with Crippen LogP contribution in [0.4, 0.5) is 0 Å². The van der Waals surface area contributed by atoms with Gasteiger partial charge in [-0.25, -0.2) is 13.4 Å². The normalized spacial score (nSPS) is 19.7. The largest absolute Gasteiger partial charge is 0.383 e. The Hall–Kier alpha value is -1.22. The van der Waals surface area contributed by atoms with Crippen molar-refractivity contribution in [3.63, 3.8) is 0 Å². The Morgan fingerprint density at radius 3 is 3.00 bits per heavy atom. The van der Waals surface area contributed by atoms with Crippen LogP contribution in [-0.4, -0.2) is 49.1 Å². The van der Waals surface area contributed by atoms with E-state index < -0.39 is 10.0 Å². The summed E-state index contributed by atoms with van der Waals surface area (Å²) in [5.74, 6) is 1.08. The van der Waals surface area contributed by atoms with E-state index >= 15 is 0 Å². The monoisotopic (exact) mass is 369 g/mol. The molecule has 3 heterocycles. The number of methoxy groups -OCH3 is 1. The SMILES string of the molecule is COCCn1ccnc1C1CCCN(S(=O)(=O)c2cc(C)cs2)C1. The summed E-state index contributed by atoms with van der Waals surface area (Å²) < 4.78 is 35.0. The lowest BCUT2D eigenvalue weighted by Crippen LogP contribution is -2.39. The van der Waals surface area contributed by atoms with Gasteiger partial charge in [0.15, 0.2) is 0 Å². The zero-order chi connectivity index (χ0) is 17.2. The highest BCUT2D eigenvalue weighted by Gasteiger charge is 2.33. The van der Waals surface area contributed by atoms with E-state index in [1.165, 1.54) is 11.3 Å². The Balaban J connectivity index is 1.79. The summed E-state index contributed by atoms with van der Waals surface area (Å²) >= 11 is 1.30. The molecule has 0 amide bonds. The van der Waals surface area contributed by atoms with Gasteiger partial charge in [-0.05, 0) is 36.8 Å². The van der Waals surface area contributed by atoms with E-state index in [1.807, 2.05) is 18.5 Å². The highest BCUT2D eigenvalue weighted by atomic mass is 32.2. The second kappa shape index (κ2) is 7.35. The van der Waals surface area contributed by atoms with Crippen LogP contribution in [0.15, 0.2) is 28.0 Å². The molecular formula is C16H23N3O3S2. The number of nitrogens with zero attached hydrogens (tertiary/aromatic N) is 3. The average Bonchev–Trinajstić information content (AvgIpc) is 3.22. The van der Waals surface area contributed by atoms with Crippen LogP contribution in [0.5, 0.6) is 0 Å². The molecule has 1 atom stereocenters. The molecular weight excluding hydrogens is 346 g/mol. The predicted octanol–water partition coefficient (Wildman–Crippen LogP) is 2.47. The summed E-state index contributed by atoms with van der Waals surface area (Å²) in [4.78, 5) is 4.47. The maximum absolute atomic E-state index is 12.9. The first-order valence-corrected chi connectivity index (χ1v) is 10.4. The molecule has 2 aromatic heterocycles. The number of thiophene rings is 1. The summed E-state index contributed by atoms with van der Waals surface area (Å²) in [6.07, 6.45) is 5.52. The first-order valence-electron chi connectivity index (χ1n) is 8.07. The molecule has 1 saturated heterocycles. The van der Waals surface area contributed by atoms with Crippen molar-refractivity contribution in [2.45, 2.75) is 36.4 Å². The van der Waals surface area contributed by atoms with Gasteiger partial charge in [-0.15, -0.1) is 11.3 Å². The number of aromatic nitrogens is 2. The van der Waals surface area contributed by atoms with Crippen LogP contribution in [0.2, 0.25) is 0 Å². The van der Waals surface area contributed by atoms with Gasteiger partial charge in [-0.1, -0.05) is 0 Å². The molecule has 0 saturated carbocycles. The van der Waals surface area contributed by atoms with Crippen molar-refractivity contribution in [3.8, 4) is 0 Å². The van der Waals surface area contributed by atoms with Gasteiger partial charge in [0.1, 0.15) is 10.0 Å². The van der Waals surface area contributed by atoms with Crippen molar-refractivity contribution in [2.24, 2.45) is 0 Å². The average molecular weight is 370 g/mol. The Kier molecular flexibility index (Phi) is 5.39. The van der Waals surface area contributed by atoms with Gasteiger partial charge in [-0.2, -0.15) is 4.31 Å². The lowest BCUT2D eigenvalue weighted by molar-refractivity contribution is 0.184. The Bertz CT molecular complexity index is 782. The van der Waals surface area contributed by atoms with Gasteiger partial charge in [0, 0.05) is 45.1 Å². The van der Waals surface area contributed by atoms with Gasteiger partial charge >= 0.3 is 0 Å². The van der Waals surface area contributed by atoms with E-state index in [-0.39, 0.29) is 5.92 Å². The number of rotatable bonds is 6. The van der Waals surface area contributed by atoms with E-state index in [9.17, 15) is 8.42 Å². The molecule has 0 spiro atoms. The third kappa shape index (κ3) is 3.56. The van der Waals surface area contributed by atoms with E-state index in [1.54, 1.807) is 23.7 Å². The number of piperidine rings is 1. The third-order valence-electron chi connectivity index (χ3n) is 4.33. The number of sulfonamides is 1. The van der Waals surface area contributed by atoms with Crippen LogP contribution in [0.25, 0.3) is 0 Å². The molecule has 3 rings (SSSR count). The summed E-state index contributed by atoms with van der Waals surface area (Å²) in [6.45, 7) is 4.34. The molecule has 1 unspecified atom stereocenters. The summed E-state index contributed by atoms with van der Waals surface area (Å²) in [5.41, 5.74) is 0.988. The van der Waals surface area contributed by atoms with Crippen molar-refractivity contribution >= 4 is 21.4 Å². The highest BCUT2D eigenvalue weighted by molar-refractivity contribution is 7.91. The predicted molar refractivity (Wildman–Crippen MR) is 93.9 cm³/mol. The van der Waals surface area contributed by atoms with Gasteiger partial charge in [0.25, 0.3) is 10.0 Å². The summed E-state index contributed by atoms with van der Waals surface area (Å²) in [6, 6.07) is 1.75. The van der Waals surface area contributed by atoms with E-state index in [4.69, 9.17) is 4.74 Å². The molecule has 24 heavy (non-hydrogen) atoms. The van der Waals surface area contributed by atoms with Crippen molar-refractivity contribution < 1.29 is 13.2 Å². The van der Waals surface area contributed by atoms with Crippen LogP contribution >= 0.6 is 11.3 Å². The minimum absolute atomic E-state index is 0.126. The van der Waals surface area contributed by atoms with E-state index in [0.29, 0.717) is 23.9 Å². The zero-order valence-electron chi connectivity index (χ0n) is 14.0. The molecule has 0 radical (unpaired) electrons. The summed E-state index contributed by atoms with van der Waals surface area (Å²) in [5, 5.41) is 1.88. The molecule has 0 aromatic carbocycles. The smallest absolute Gasteiger partial charge is 0.252 e. The maximum atomic E-state index is 12.9. The van der Waals surface area contributed by atoms with Crippen molar-refractivity contribution in [1.29, 1.82) is 0 Å². The molecule has 0 bridgehead atoms. The molecule has 2 aromatic rings. The number of hydrogen-bond acceptors (Lipinski definition) is 5. The quantitative estimate of drug-likeness (QED) is 0.785. The topological polar surface area (TPSA) is 64.4 Å². The number of aryl methyl sites for hydroxylation is 1. The minimum atomic E-state index is -3.40. The van der Waals surface area contributed by atoms with Gasteiger partial charge < -0.3 is 9.30 Å². The van der Waals surface area contributed by atoms with Gasteiger partial charge in [0.2, 0.25) is 0 Å². The molecule has 6 nitrogen and oxygen atoms in total. The fraction of sp³-hybridized carbons (Fsp3) is 0.562. The first-order chi connectivity index (χ1) is 11.5. The van der Waals surface area contributed by atoms with E-state index in [2.05, 4.69) is 9.55 Å². The minimum Gasteiger partial charge on any atom is -0.383 e. The van der Waals surface area contributed by atoms with Crippen molar-refractivity contribution in [3.05, 3.63) is 35.2 Å². The number of ether oxygens (including phenoxy) is 1. The first kappa shape index (κ1) is 17.6. The summed E-state index contributed by atoms with van der Waals surface area (Å²) in [7, 11) is -1.73. The van der Waals surface area contributed by atoms with Gasteiger partial charge in [0.05, 0.1) is 6.61 Å². The molecule has 0 aliphatic carbocycles. The molecule has 1 aliphatic rings. The lowest BCUT2D eigenvalue weighted by atomic mass is 9.99. The maximum Gasteiger partial charge on any atom is 0.252 e. The van der Waals surface area contributed by atoms with Crippen LogP contribution in [0.1, 0.15) is 30.1 Å². The van der Waals surface area contributed by atoms with E-state index in [0.717, 1.165) is 30.8 Å². The second-order valence-electron chi connectivity index (χ2n) is 6.12. The van der Waals surface area contributed by atoms with Crippen LogP contribution in [0, 0.1) is 6.92 Å². The molecule has 8 heteroatoms. The molecule has 1 fully saturated rings. The van der Waals surface area contributed by atoms with Crippen LogP contribution < -0.4 is 0 Å². The Morgan fingerprint density at radius 1 is 1.46 bits per heavy atom.